The van der Waals surface area contributed by atoms with Crippen molar-refractivity contribution >= 4 is 11.7 Å². The van der Waals surface area contributed by atoms with Gasteiger partial charge in [0.2, 0.25) is 0 Å². The maximum atomic E-state index is 10.6. The van der Waals surface area contributed by atoms with Crippen molar-refractivity contribution in [3.8, 4) is 11.4 Å². The van der Waals surface area contributed by atoms with Crippen molar-refractivity contribution in [1.82, 2.24) is 20.2 Å². The Hall–Kier alpha value is -2.44. The fraction of sp³-hybridized carbons (Fsp3) is 0.333. The van der Waals surface area contributed by atoms with Crippen LogP contribution in [0.25, 0.3) is 11.4 Å². The number of carboxylic acids is 1. The number of hydrogen-bond acceptors (Lipinski definition) is 5. The molecule has 0 spiro atoms. The molecule has 0 amide bonds. The highest BCUT2D eigenvalue weighted by Gasteiger charge is 2.10. The SMILES string of the molecule is CN(C)c1cccc(-c2nnnn2CCC(=O)O)c1. The number of nitrogens with zero attached hydrogens (tertiary/aromatic N) is 5. The number of anilines is 1. The number of tetrazole rings is 1. The highest BCUT2D eigenvalue weighted by Crippen LogP contribution is 2.21. The monoisotopic (exact) mass is 261 g/mol. The van der Waals surface area contributed by atoms with Gasteiger partial charge in [-0.2, -0.15) is 0 Å². The Labute approximate surface area is 110 Å². The van der Waals surface area contributed by atoms with Gasteiger partial charge in [-0.1, -0.05) is 12.1 Å². The van der Waals surface area contributed by atoms with E-state index in [9.17, 15) is 4.79 Å². The number of carbonyl (C=O) groups is 1. The molecule has 1 heterocycles. The quantitative estimate of drug-likeness (QED) is 0.860. The van der Waals surface area contributed by atoms with E-state index < -0.39 is 5.97 Å². The summed E-state index contributed by atoms with van der Waals surface area (Å²) in [5.41, 5.74) is 1.90. The Bertz CT molecular complexity index is 579. The average molecular weight is 261 g/mol. The Kier molecular flexibility index (Phi) is 3.74. The van der Waals surface area contributed by atoms with Crippen LogP contribution in [0.1, 0.15) is 6.42 Å². The van der Waals surface area contributed by atoms with E-state index >= 15 is 0 Å². The summed E-state index contributed by atoms with van der Waals surface area (Å²) in [7, 11) is 3.90. The van der Waals surface area contributed by atoms with Gasteiger partial charge in [0.05, 0.1) is 13.0 Å². The van der Waals surface area contributed by atoms with Crippen LogP contribution >= 0.6 is 0 Å². The van der Waals surface area contributed by atoms with Crippen molar-refractivity contribution in [2.45, 2.75) is 13.0 Å². The summed E-state index contributed by atoms with van der Waals surface area (Å²) < 4.78 is 1.50. The molecule has 7 nitrogen and oxygen atoms in total. The number of aromatic nitrogens is 4. The Balaban J connectivity index is 2.29. The van der Waals surface area contributed by atoms with Gasteiger partial charge in [0.25, 0.3) is 0 Å². The molecule has 0 bridgehead atoms. The first-order valence-electron chi connectivity index (χ1n) is 5.83. The third kappa shape index (κ3) is 3.06. The van der Waals surface area contributed by atoms with Crippen LogP contribution in [-0.4, -0.2) is 45.4 Å². The van der Waals surface area contributed by atoms with Crippen LogP contribution in [0.5, 0.6) is 0 Å². The minimum atomic E-state index is -0.872. The third-order valence-electron chi connectivity index (χ3n) is 2.69. The molecule has 7 heteroatoms. The topological polar surface area (TPSA) is 84.1 Å². The number of hydrogen-bond donors (Lipinski definition) is 1. The van der Waals surface area contributed by atoms with Gasteiger partial charge in [-0.05, 0) is 22.6 Å². The molecular weight excluding hydrogens is 246 g/mol. The van der Waals surface area contributed by atoms with Crippen LogP contribution < -0.4 is 4.90 Å². The minimum Gasteiger partial charge on any atom is -0.481 e. The van der Waals surface area contributed by atoms with Gasteiger partial charge in [0, 0.05) is 25.3 Å². The van der Waals surface area contributed by atoms with E-state index in [2.05, 4.69) is 15.5 Å². The van der Waals surface area contributed by atoms with E-state index in [1.165, 1.54) is 4.68 Å². The van der Waals surface area contributed by atoms with Gasteiger partial charge >= 0.3 is 5.97 Å². The summed E-state index contributed by atoms with van der Waals surface area (Å²) in [4.78, 5) is 12.6. The first kappa shape index (κ1) is 13.0. The molecule has 2 aromatic rings. The standard InChI is InChI=1S/C12H15N5O2/c1-16(2)10-5-3-4-9(8-10)12-13-14-15-17(12)7-6-11(18)19/h3-5,8H,6-7H2,1-2H3,(H,18,19). The second-order valence-electron chi connectivity index (χ2n) is 4.31. The Morgan fingerprint density at radius 2 is 2.21 bits per heavy atom. The van der Waals surface area contributed by atoms with Gasteiger partial charge in [-0.15, -0.1) is 5.10 Å². The number of aliphatic carboxylic acids is 1. The largest absolute Gasteiger partial charge is 0.481 e. The summed E-state index contributed by atoms with van der Waals surface area (Å²) in [5.74, 6) is -0.298. The van der Waals surface area contributed by atoms with Crippen molar-refractivity contribution < 1.29 is 9.90 Å². The molecule has 0 aliphatic carbocycles. The molecule has 0 unspecified atom stereocenters. The molecule has 0 saturated heterocycles. The molecule has 0 aliphatic rings. The Morgan fingerprint density at radius 3 is 2.89 bits per heavy atom. The molecule has 0 radical (unpaired) electrons. The lowest BCUT2D eigenvalue weighted by atomic mass is 10.2. The number of carboxylic acid groups (broad SMARTS) is 1. The van der Waals surface area contributed by atoms with Crippen LogP contribution in [0.15, 0.2) is 24.3 Å². The second-order valence-corrected chi connectivity index (χ2v) is 4.31. The van der Waals surface area contributed by atoms with Gasteiger partial charge in [0.15, 0.2) is 5.82 Å². The molecule has 0 aliphatic heterocycles. The molecule has 0 fully saturated rings. The summed E-state index contributed by atoms with van der Waals surface area (Å²) in [6.45, 7) is 0.254. The number of aryl methyl sites for hydroxylation is 1. The third-order valence-corrected chi connectivity index (χ3v) is 2.69. The fourth-order valence-electron chi connectivity index (χ4n) is 1.69. The predicted octanol–water partition coefficient (Wildman–Crippen LogP) is 0.881. The highest BCUT2D eigenvalue weighted by molar-refractivity contribution is 5.67. The van der Waals surface area contributed by atoms with Crippen LogP contribution in [0.3, 0.4) is 0 Å². The van der Waals surface area contributed by atoms with Crippen molar-refractivity contribution in [3.63, 3.8) is 0 Å². The molecule has 0 atom stereocenters. The molecule has 0 saturated carbocycles. The smallest absolute Gasteiger partial charge is 0.305 e. The summed E-state index contributed by atoms with van der Waals surface area (Å²) in [6.07, 6.45) is -0.00852. The first-order chi connectivity index (χ1) is 9.08. The van der Waals surface area contributed by atoms with Crippen molar-refractivity contribution in [1.29, 1.82) is 0 Å². The van der Waals surface area contributed by atoms with Gasteiger partial charge in [0.1, 0.15) is 0 Å². The molecule has 100 valence electrons. The van der Waals surface area contributed by atoms with Crippen LogP contribution in [0.2, 0.25) is 0 Å². The van der Waals surface area contributed by atoms with Crippen LogP contribution in [0.4, 0.5) is 5.69 Å². The van der Waals surface area contributed by atoms with Gasteiger partial charge in [-0.25, -0.2) is 4.68 Å². The molecule has 19 heavy (non-hydrogen) atoms. The van der Waals surface area contributed by atoms with E-state index in [0.29, 0.717) is 5.82 Å². The Morgan fingerprint density at radius 1 is 1.42 bits per heavy atom. The van der Waals surface area contributed by atoms with Gasteiger partial charge < -0.3 is 10.0 Å². The lowest BCUT2D eigenvalue weighted by Crippen LogP contribution is -2.09. The average Bonchev–Trinajstić information content (AvgIpc) is 2.84. The molecular formula is C12H15N5O2. The second kappa shape index (κ2) is 5.47. The minimum absolute atomic E-state index is 0.00852. The lowest BCUT2D eigenvalue weighted by molar-refractivity contribution is -0.137. The van der Waals surface area contributed by atoms with E-state index in [4.69, 9.17) is 5.11 Å². The zero-order valence-electron chi connectivity index (χ0n) is 10.8. The maximum absolute atomic E-state index is 10.6. The summed E-state index contributed by atoms with van der Waals surface area (Å²) in [5, 5.41) is 20.1. The first-order valence-corrected chi connectivity index (χ1v) is 5.83. The zero-order valence-corrected chi connectivity index (χ0v) is 10.8. The summed E-state index contributed by atoms with van der Waals surface area (Å²) >= 11 is 0. The van der Waals surface area contributed by atoms with Gasteiger partial charge in [-0.3, -0.25) is 4.79 Å². The van der Waals surface area contributed by atoms with Crippen LogP contribution in [0, 0.1) is 0 Å². The molecule has 2 rings (SSSR count). The van der Waals surface area contributed by atoms with Crippen molar-refractivity contribution in [2.75, 3.05) is 19.0 Å². The zero-order chi connectivity index (χ0) is 13.8. The van der Waals surface area contributed by atoms with Crippen molar-refractivity contribution in [3.05, 3.63) is 24.3 Å². The normalized spacial score (nSPS) is 10.4. The fourth-order valence-corrected chi connectivity index (χ4v) is 1.69. The van der Waals surface area contributed by atoms with E-state index in [1.807, 2.05) is 43.3 Å². The number of rotatable bonds is 5. The number of benzene rings is 1. The predicted molar refractivity (Wildman–Crippen MR) is 69.8 cm³/mol. The molecule has 1 aromatic carbocycles. The van der Waals surface area contributed by atoms with Crippen molar-refractivity contribution in [2.24, 2.45) is 0 Å². The molecule has 1 N–H and O–H groups in total. The van der Waals surface area contributed by atoms with E-state index in [-0.39, 0.29) is 13.0 Å². The van der Waals surface area contributed by atoms with Crippen LogP contribution in [-0.2, 0) is 11.3 Å². The highest BCUT2D eigenvalue weighted by atomic mass is 16.4. The maximum Gasteiger partial charge on any atom is 0.305 e. The molecule has 1 aromatic heterocycles. The van der Waals surface area contributed by atoms with E-state index in [0.717, 1.165) is 11.3 Å². The van der Waals surface area contributed by atoms with E-state index in [1.54, 1.807) is 0 Å². The summed E-state index contributed by atoms with van der Waals surface area (Å²) in [6, 6.07) is 7.76. The lowest BCUT2D eigenvalue weighted by Gasteiger charge is -2.13.